The molecule has 0 fully saturated rings. The van der Waals surface area contributed by atoms with Gasteiger partial charge in [-0.3, -0.25) is 4.99 Å². The summed E-state index contributed by atoms with van der Waals surface area (Å²) in [5.41, 5.74) is -0.478. The molecule has 2 N–H and O–H groups in total. The molecule has 1 aliphatic heterocycles. The van der Waals surface area contributed by atoms with Crippen LogP contribution in [0.1, 0.15) is 17.0 Å². The van der Waals surface area contributed by atoms with Gasteiger partial charge in [0.1, 0.15) is 10.8 Å². The number of hydrogen-bond acceptors (Lipinski definition) is 5. The Kier molecular flexibility index (Phi) is 3.31. The average molecular weight is 273 g/mol. The number of nitrogens with one attached hydrogen (secondary N) is 1. The van der Waals surface area contributed by atoms with Crippen LogP contribution in [-0.2, 0) is 5.60 Å². The van der Waals surface area contributed by atoms with Gasteiger partial charge in [-0.05, 0) is 12.0 Å². The highest BCUT2D eigenvalue weighted by atomic mass is 32.1. The largest absolute Gasteiger partial charge is 0.371 e. The molecule has 98 valence electrons. The van der Waals surface area contributed by atoms with Gasteiger partial charge in [-0.15, -0.1) is 11.3 Å². The van der Waals surface area contributed by atoms with E-state index in [1.807, 2.05) is 35.7 Å². The topological polar surface area (TPSA) is 57.5 Å². The number of nitrogens with zero attached hydrogens (tertiary/aromatic N) is 2. The van der Waals surface area contributed by atoms with E-state index >= 15 is 0 Å². The molecule has 1 aliphatic rings. The van der Waals surface area contributed by atoms with Crippen molar-refractivity contribution in [3.05, 3.63) is 52.5 Å². The van der Waals surface area contributed by atoms with Crippen molar-refractivity contribution >= 4 is 17.2 Å². The minimum atomic E-state index is -1.27. The first-order chi connectivity index (χ1) is 9.32. The predicted octanol–water partition coefficient (Wildman–Crippen LogP) is 1.77. The van der Waals surface area contributed by atoms with E-state index in [-0.39, 0.29) is 0 Å². The fraction of sp³-hybridized carbons (Fsp3) is 0.286. The van der Waals surface area contributed by atoms with Crippen LogP contribution < -0.4 is 5.32 Å². The van der Waals surface area contributed by atoms with Crippen LogP contribution >= 0.6 is 11.3 Å². The van der Waals surface area contributed by atoms with Crippen LogP contribution in [0, 0.1) is 0 Å². The maximum atomic E-state index is 11.2. The fourth-order valence-electron chi connectivity index (χ4n) is 2.22. The summed E-state index contributed by atoms with van der Waals surface area (Å²) >= 11 is 1.44. The van der Waals surface area contributed by atoms with Gasteiger partial charge in [0.25, 0.3) is 0 Å². The van der Waals surface area contributed by atoms with Crippen LogP contribution in [0.4, 0.5) is 0 Å². The van der Waals surface area contributed by atoms with Crippen LogP contribution in [0.5, 0.6) is 0 Å². The second-order valence-electron chi connectivity index (χ2n) is 4.42. The SMILES string of the molecule is OC(C1=NCCCN1)(c1ccccc1)c1nccs1. The number of aliphatic imine (C=N–C) groups is 1. The zero-order valence-electron chi connectivity index (χ0n) is 10.4. The molecule has 2 aromatic rings. The zero-order chi connectivity index (χ0) is 13.1. The smallest absolute Gasteiger partial charge is 0.198 e. The number of benzene rings is 1. The first-order valence-corrected chi connectivity index (χ1v) is 7.16. The third kappa shape index (κ3) is 2.15. The molecule has 5 heteroatoms. The maximum Gasteiger partial charge on any atom is 0.198 e. The Morgan fingerprint density at radius 1 is 1.26 bits per heavy atom. The van der Waals surface area contributed by atoms with Crippen LogP contribution in [0.25, 0.3) is 0 Å². The van der Waals surface area contributed by atoms with Crippen molar-refractivity contribution in [1.82, 2.24) is 10.3 Å². The Labute approximate surface area is 115 Å². The van der Waals surface area contributed by atoms with Gasteiger partial charge in [-0.2, -0.15) is 0 Å². The van der Waals surface area contributed by atoms with E-state index in [1.165, 1.54) is 11.3 Å². The molecule has 0 aliphatic carbocycles. The van der Waals surface area contributed by atoms with Crippen molar-refractivity contribution in [2.24, 2.45) is 4.99 Å². The Morgan fingerprint density at radius 3 is 2.74 bits per heavy atom. The molecule has 0 bridgehead atoms. The molecule has 19 heavy (non-hydrogen) atoms. The van der Waals surface area contributed by atoms with E-state index in [2.05, 4.69) is 15.3 Å². The highest BCUT2D eigenvalue weighted by molar-refractivity contribution is 7.09. The highest BCUT2D eigenvalue weighted by Crippen LogP contribution is 2.32. The van der Waals surface area contributed by atoms with Crippen LogP contribution in [0.15, 0.2) is 46.9 Å². The number of aromatic nitrogens is 1. The molecule has 0 spiro atoms. The minimum Gasteiger partial charge on any atom is -0.371 e. The molecule has 0 saturated heterocycles. The summed E-state index contributed by atoms with van der Waals surface area (Å²) in [5, 5.41) is 16.9. The molecule has 1 aromatic heterocycles. The number of amidine groups is 1. The van der Waals surface area contributed by atoms with E-state index < -0.39 is 5.60 Å². The first-order valence-electron chi connectivity index (χ1n) is 6.28. The molecular weight excluding hydrogens is 258 g/mol. The summed E-state index contributed by atoms with van der Waals surface area (Å²) in [6.07, 6.45) is 2.70. The van der Waals surface area contributed by atoms with Crippen molar-refractivity contribution in [3.8, 4) is 0 Å². The van der Waals surface area contributed by atoms with Crippen molar-refractivity contribution < 1.29 is 5.11 Å². The van der Waals surface area contributed by atoms with Gasteiger partial charge >= 0.3 is 0 Å². The summed E-state index contributed by atoms with van der Waals surface area (Å²) in [6.45, 7) is 1.57. The Hall–Kier alpha value is -1.72. The van der Waals surface area contributed by atoms with Gasteiger partial charge in [0.05, 0.1) is 0 Å². The normalized spacial score (nSPS) is 18.3. The van der Waals surface area contributed by atoms with Gasteiger partial charge in [0.2, 0.25) is 0 Å². The van der Waals surface area contributed by atoms with E-state index in [1.54, 1.807) is 6.20 Å². The summed E-state index contributed by atoms with van der Waals surface area (Å²) < 4.78 is 0. The molecule has 2 heterocycles. The Balaban J connectivity index is 2.13. The van der Waals surface area contributed by atoms with Gasteiger partial charge in [-0.25, -0.2) is 4.98 Å². The lowest BCUT2D eigenvalue weighted by Gasteiger charge is -2.30. The first kappa shape index (κ1) is 12.3. The summed E-state index contributed by atoms with van der Waals surface area (Å²) in [6, 6.07) is 9.57. The van der Waals surface area contributed by atoms with Crippen LogP contribution in [-0.4, -0.2) is 29.0 Å². The Bertz CT molecular complexity index is 568. The number of thiazole rings is 1. The second kappa shape index (κ2) is 5.11. The maximum absolute atomic E-state index is 11.2. The fourth-order valence-corrected chi connectivity index (χ4v) is 2.98. The molecule has 1 atom stereocenters. The van der Waals surface area contributed by atoms with Crippen LogP contribution in [0.2, 0.25) is 0 Å². The monoisotopic (exact) mass is 273 g/mol. The molecule has 0 radical (unpaired) electrons. The lowest BCUT2D eigenvalue weighted by Crippen LogP contribution is -2.47. The second-order valence-corrected chi connectivity index (χ2v) is 5.32. The van der Waals surface area contributed by atoms with Crippen molar-refractivity contribution in [1.29, 1.82) is 0 Å². The summed E-state index contributed by atoms with van der Waals surface area (Å²) in [5.74, 6) is 0.597. The molecular formula is C14H15N3OS. The molecule has 0 amide bonds. The van der Waals surface area contributed by atoms with Crippen molar-refractivity contribution in [2.75, 3.05) is 13.1 Å². The standard InChI is InChI=1S/C14H15N3OS/c18-14(13-17-9-10-19-13,11-5-2-1-3-6-11)12-15-7-4-8-16-12/h1-3,5-6,9-10,18H,4,7-8H2,(H,15,16). The van der Waals surface area contributed by atoms with E-state index in [4.69, 9.17) is 0 Å². The molecule has 4 nitrogen and oxygen atoms in total. The molecule has 3 rings (SSSR count). The predicted molar refractivity (Wildman–Crippen MR) is 76.5 cm³/mol. The number of hydrogen-bond donors (Lipinski definition) is 2. The molecule has 1 aromatic carbocycles. The zero-order valence-corrected chi connectivity index (χ0v) is 11.2. The summed E-state index contributed by atoms with van der Waals surface area (Å²) in [7, 11) is 0. The third-order valence-electron chi connectivity index (χ3n) is 3.17. The van der Waals surface area contributed by atoms with Gasteiger partial charge in [0.15, 0.2) is 5.60 Å². The Morgan fingerprint density at radius 2 is 2.11 bits per heavy atom. The van der Waals surface area contributed by atoms with Crippen molar-refractivity contribution in [2.45, 2.75) is 12.0 Å². The van der Waals surface area contributed by atoms with Gasteiger partial charge < -0.3 is 10.4 Å². The molecule has 1 unspecified atom stereocenters. The van der Waals surface area contributed by atoms with E-state index in [9.17, 15) is 5.11 Å². The van der Waals surface area contributed by atoms with E-state index in [0.29, 0.717) is 10.8 Å². The lowest BCUT2D eigenvalue weighted by atomic mass is 9.92. The number of aliphatic hydroxyl groups is 1. The lowest BCUT2D eigenvalue weighted by molar-refractivity contribution is 0.149. The molecule has 0 saturated carbocycles. The quantitative estimate of drug-likeness (QED) is 0.896. The average Bonchev–Trinajstić information content (AvgIpc) is 3.03. The highest BCUT2D eigenvalue weighted by Gasteiger charge is 2.40. The third-order valence-corrected chi connectivity index (χ3v) is 4.06. The minimum absolute atomic E-state index is 0.597. The summed E-state index contributed by atoms with van der Waals surface area (Å²) in [4.78, 5) is 8.74. The number of rotatable bonds is 3. The van der Waals surface area contributed by atoms with E-state index in [0.717, 1.165) is 25.1 Å². The van der Waals surface area contributed by atoms with Crippen LogP contribution in [0.3, 0.4) is 0 Å². The van der Waals surface area contributed by atoms with Gasteiger partial charge in [0, 0.05) is 24.7 Å². The van der Waals surface area contributed by atoms with Crippen molar-refractivity contribution in [3.63, 3.8) is 0 Å². The van der Waals surface area contributed by atoms with Gasteiger partial charge in [-0.1, -0.05) is 30.3 Å².